The molecule has 0 aliphatic carbocycles. The van der Waals surface area contributed by atoms with Crippen molar-refractivity contribution in [1.29, 1.82) is 0 Å². The molecule has 1 amide bonds. The Balaban J connectivity index is 3.23. The van der Waals surface area contributed by atoms with Crippen LogP contribution in [0.25, 0.3) is 0 Å². The molecule has 0 aliphatic rings. The summed E-state index contributed by atoms with van der Waals surface area (Å²) >= 11 is 0. The van der Waals surface area contributed by atoms with E-state index in [2.05, 4.69) is 50.3 Å². The van der Waals surface area contributed by atoms with E-state index in [4.69, 9.17) is 5.73 Å². The van der Waals surface area contributed by atoms with Crippen LogP contribution in [0.3, 0.4) is 0 Å². The predicted octanol–water partition coefficient (Wildman–Crippen LogP) is 8.82. The highest BCUT2D eigenvalue weighted by atomic mass is 16.1. The highest BCUT2D eigenvalue weighted by Crippen LogP contribution is 2.16. The highest BCUT2D eigenvalue weighted by molar-refractivity contribution is 5.76. The third kappa shape index (κ3) is 21.4. The zero-order valence-corrected chi connectivity index (χ0v) is 20.3. The standard InChI is InChI=1S/C28H51NO/c1-3-5-6-7-8-9-10-11-12-13-14-15-16-17-18-19-20-21-22-23-24-25-26-27(4-2)28(29)30/h5-8,12-13,27H,3-4,9-11,14-26H2,1-2H3,(H2,29,30)/b6-5+,8-7+,13-12+. The number of carbonyl (C=O) groups is 1. The van der Waals surface area contributed by atoms with Crippen molar-refractivity contribution in [3.8, 4) is 0 Å². The molecule has 0 aromatic heterocycles. The van der Waals surface area contributed by atoms with Gasteiger partial charge in [0.05, 0.1) is 0 Å². The molecule has 0 saturated carbocycles. The Morgan fingerprint density at radius 3 is 1.63 bits per heavy atom. The second kappa shape index (κ2) is 24.0. The minimum atomic E-state index is -0.118. The Morgan fingerprint density at radius 1 is 0.633 bits per heavy atom. The molecule has 0 bridgehead atoms. The molecule has 1 atom stereocenters. The third-order valence-electron chi connectivity index (χ3n) is 5.85. The third-order valence-corrected chi connectivity index (χ3v) is 5.85. The quantitative estimate of drug-likeness (QED) is 0.107. The van der Waals surface area contributed by atoms with Crippen LogP contribution in [0.4, 0.5) is 0 Å². The van der Waals surface area contributed by atoms with Crippen LogP contribution >= 0.6 is 0 Å². The van der Waals surface area contributed by atoms with E-state index in [1.54, 1.807) is 0 Å². The molecule has 0 aromatic carbocycles. The summed E-state index contributed by atoms with van der Waals surface area (Å²) in [6.07, 6.45) is 36.2. The van der Waals surface area contributed by atoms with Crippen LogP contribution in [0.2, 0.25) is 0 Å². The topological polar surface area (TPSA) is 43.1 Å². The summed E-state index contributed by atoms with van der Waals surface area (Å²) in [7, 11) is 0. The number of nitrogens with two attached hydrogens (primary N) is 1. The van der Waals surface area contributed by atoms with E-state index in [-0.39, 0.29) is 11.8 Å². The minimum absolute atomic E-state index is 0.0980. The highest BCUT2D eigenvalue weighted by Gasteiger charge is 2.11. The average Bonchev–Trinajstić information content (AvgIpc) is 2.74. The van der Waals surface area contributed by atoms with Gasteiger partial charge in [-0.05, 0) is 51.4 Å². The van der Waals surface area contributed by atoms with Gasteiger partial charge in [0.2, 0.25) is 5.91 Å². The van der Waals surface area contributed by atoms with Gasteiger partial charge in [0.1, 0.15) is 0 Å². The number of hydrogen-bond acceptors (Lipinski definition) is 1. The maximum atomic E-state index is 11.2. The number of carbonyl (C=O) groups excluding carboxylic acids is 1. The maximum Gasteiger partial charge on any atom is 0.220 e. The number of primary amides is 1. The zero-order chi connectivity index (χ0) is 22.1. The van der Waals surface area contributed by atoms with E-state index in [0.29, 0.717) is 0 Å². The number of amides is 1. The first-order valence-corrected chi connectivity index (χ1v) is 13.0. The Labute approximate surface area is 188 Å². The molecule has 0 saturated heterocycles. The summed E-state index contributed by atoms with van der Waals surface area (Å²) in [6.45, 7) is 4.22. The van der Waals surface area contributed by atoms with E-state index in [1.807, 2.05) is 0 Å². The number of allylic oxidation sites excluding steroid dienone is 6. The summed E-state index contributed by atoms with van der Waals surface area (Å²) in [5, 5.41) is 0. The lowest BCUT2D eigenvalue weighted by Crippen LogP contribution is -2.22. The van der Waals surface area contributed by atoms with Gasteiger partial charge in [0.15, 0.2) is 0 Å². The molecular weight excluding hydrogens is 366 g/mol. The lowest BCUT2D eigenvalue weighted by atomic mass is 9.97. The van der Waals surface area contributed by atoms with Gasteiger partial charge in [0.25, 0.3) is 0 Å². The molecule has 0 aliphatic heterocycles. The summed E-state index contributed by atoms with van der Waals surface area (Å²) in [5.74, 6) is -0.0198. The van der Waals surface area contributed by atoms with Gasteiger partial charge in [-0.3, -0.25) is 4.79 Å². The van der Waals surface area contributed by atoms with Gasteiger partial charge >= 0.3 is 0 Å². The molecule has 0 aromatic rings. The van der Waals surface area contributed by atoms with E-state index in [0.717, 1.165) is 25.7 Å². The second-order valence-corrected chi connectivity index (χ2v) is 8.64. The van der Waals surface area contributed by atoms with Gasteiger partial charge in [-0.25, -0.2) is 0 Å². The fraction of sp³-hybridized carbons (Fsp3) is 0.750. The molecule has 0 rings (SSSR count). The van der Waals surface area contributed by atoms with Gasteiger partial charge in [0, 0.05) is 5.92 Å². The van der Waals surface area contributed by atoms with Crippen molar-refractivity contribution in [2.75, 3.05) is 0 Å². The van der Waals surface area contributed by atoms with Gasteiger partial charge in [-0.2, -0.15) is 0 Å². The van der Waals surface area contributed by atoms with Crippen LogP contribution in [-0.2, 0) is 4.79 Å². The van der Waals surface area contributed by atoms with E-state index >= 15 is 0 Å². The molecular formula is C28H51NO. The normalized spacial score (nSPS) is 13.1. The van der Waals surface area contributed by atoms with Crippen LogP contribution in [0, 0.1) is 5.92 Å². The van der Waals surface area contributed by atoms with Crippen molar-refractivity contribution < 1.29 is 4.79 Å². The SMILES string of the molecule is CC/C=C/C=C/CCC/C=C/CCCCCCCCCCCCCC(CC)C(N)=O. The van der Waals surface area contributed by atoms with Crippen molar-refractivity contribution >= 4 is 5.91 Å². The number of rotatable bonds is 22. The van der Waals surface area contributed by atoms with Crippen molar-refractivity contribution in [3.63, 3.8) is 0 Å². The maximum absolute atomic E-state index is 11.2. The van der Waals surface area contributed by atoms with Crippen LogP contribution in [-0.4, -0.2) is 5.91 Å². The van der Waals surface area contributed by atoms with Gasteiger partial charge in [-0.15, -0.1) is 0 Å². The zero-order valence-electron chi connectivity index (χ0n) is 20.3. The van der Waals surface area contributed by atoms with Crippen molar-refractivity contribution in [2.24, 2.45) is 11.7 Å². The molecule has 0 fully saturated rings. The van der Waals surface area contributed by atoms with Crippen LogP contribution in [0.5, 0.6) is 0 Å². The van der Waals surface area contributed by atoms with Crippen LogP contribution in [0.1, 0.15) is 129 Å². The summed E-state index contributed by atoms with van der Waals surface area (Å²) in [4.78, 5) is 11.2. The first-order valence-electron chi connectivity index (χ1n) is 13.0. The average molecular weight is 418 g/mol. The van der Waals surface area contributed by atoms with Crippen LogP contribution in [0.15, 0.2) is 36.5 Å². The molecule has 0 radical (unpaired) electrons. The molecule has 2 N–H and O–H groups in total. The first-order chi connectivity index (χ1) is 14.7. The largest absolute Gasteiger partial charge is 0.369 e. The molecule has 1 unspecified atom stereocenters. The molecule has 174 valence electrons. The fourth-order valence-corrected chi connectivity index (χ4v) is 3.77. The van der Waals surface area contributed by atoms with Gasteiger partial charge in [-0.1, -0.05) is 115 Å². The predicted molar refractivity (Wildman–Crippen MR) is 135 cm³/mol. The Bertz CT molecular complexity index is 450. The molecule has 2 heteroatoms. The van der Waals surface area contributed by atoms with E-state index in [1.165, 1.54) is 89.9 Å². The number of unbranched alkanes of at least 4 members (excludes halogenated alkanes) is 13. The lowest BCUT2D eigenvalue weighted by Gasteiger charge is -2.09. The Morgan fingerprint density at radius 2 is 1.10 bits per heavy atom. The first kappa shape index (κ1) is 28.7. The minimum Gasteiger partial charge on any atom is -0.369 e. The van der Waals surface area contributed by atoms with E-state index < -0.39 is 0 Å². The Hall–Kier alpha value is -1.31. The lowest BCUT2D eigenvalue weighted by molar-refractivity contribution is -0.122. The van der Waals surface area contributed by atoms with Crippen molar-refractivity contribution in [2.45, 2.75) is 129 Å². The van der Waals surface area contributed by atoms with Crippen LogP contribution < -0.4 is 5.73 Å². The van der Waals surface area contributed by atoms with Crippen molar-refractivity contribution in [3.05, 3.63) is 36.5 Å². The molecule has 30 heavy (non-hydrogen) atoms. The number of hydrogen-bond donors (Lipinski definition) is 1. The summed E-state index contributed by atoms with van der Waals surface area (Å²) in [5.41, 5.74) is 5.39. The molecule has 2 nitrogen and oxygen atoms in total. The molecule has 0 spiro atoms. The Kier molecular flexibility index (Phi) is 22.9. The van der Waals surface area contributed by atoms with E-state index in [9.17, 15) is 4.79 Å². The molecule has 0 heterocycles. The summed E-state index contributed by atoms with van der Waals surface area (Å²) < 4.78 is 0. The van der Waals surface area contributed by atoms with Gasteiger partial charge < -0.3 is 5.73 Å². The van der Waals surface area contributed by atoms with Crippen molar-refractivity contribution in [1.82, 2.24) is 0 Å². The summed E-state index contributed by atoms with van der Waals surface area (Å²) in [6, 6.07) is 0. The smallest absolute Gasteiger partial charge is 0.220 e. The monoisotopic (exact) mass is 417 g/mol. The fourth-order valence-electron chi connectivity index (χ4n) is 3.77. The second-order valence-electron chi connectivity index (χ2n) is 8.64.